The van der Waals surface area contributed by atoms with Crippen LogP contribution in [0.5, 0.6) is 23.0 Å². The molecule has 0 aliphatic carbocycles. The summed E-state index contributed by atoms with van der Waals surface area (Å²) in [5.41, 5.74) is 4.16. The second-order valence-electron chi connectivity index (χ2n) is 8.60. The van der Waals surface area contributed by atoms with E-state index in [4.69, 9.17) is 24.0 Å². The van der Waals surface area contributed by atoms with E-state index in [9.17, 15) is 0 Å². The Labute approximate surface area is 208 Å². The molecule has 6 nitrogen and oxygen atoms in total. The second kappa shape index (κ2) is 9.22. The molecule has 0 spiro atoms. The molecule has 7 heteroatoms. The lowest BCUT2D eigenvalue weighted by Crippen LogP contribution is -2.33. The maximum absolute atomic E-state index is 6.49. The third kappa shape index (κ3) is 4.20. The predicted molar refractivity (Wildman–Crippen MR) is 135 cm³/mol. The van der Waals surface area contributed by atoms with Crippen molar-refractivity contribution < 1.29 is 18.9 Å². The van der Waals surface area contributed by atoms with E-state index in [0.29, 0.717) is 11.5 Å². The first-order valence-corrected chi connectivity index (χ1v) is 12.1. The zero-order valence-corrected chi connectivity index (χ0v) is 21.2. The van der Waals surface area contributed by atoms with Crippen LogP contribution in [0.1, 0.15) is 49.2 Å². The van der Waals surface area contributed by atoms with Crippen LogP contribution in [0.3, 0.4) is 0 Å². The maximum atomic E-state index is 6.49. The molecule has 0 radical (unpaired) electrons. The third-order valence-electron chi connectivity index (χ3n) is 6.00. The highest BCUT2D eigenvalue weighted by molar-refractivity contribution is 9.10. The number of fused-ring (bicyclic) bond motifs is 3. The van der Waals surface area contributed by atoms with E-state index >= 15 is 0 Å². The average molecular weight is 523 g/mol. The number of nitrogens with zero attached hydrogens (tertiary/aromatic N) is 2. The zero-order valence-electron chi connectivity index (χ0n) is 19.6. The molecule has 34 heavy (non-hydrogen) atoms. The van der Waals surface area contributed by atoms with Crippen LogP contribution in [-0.4, -0.2) is 31.0 Å². The normalized spacial score (nSPS) is 18.6. The molecule has 0 unspecified atom stereocenters. The Balaban J connectivity index is 1.53. The van der Waals surface area contributed by atoms with Crippen molar-refractivity contribution >= 4 is 21.6 Å². The van der Waals surface area contributed by atoms with Crippen LogP contribution in [0.25, 0.3) is 0 Å². The highest BCUT2D eigenvalue weighted by Gasteiger charge is 2.41. The summed E-state index contributed by atoms with van der Waals surface area (Å²) in [7, 11) is 3.27. The standard InChI is InChI=1S/C27H27BrN2O4/c1-16(2)33-20-9-5-17(6-10-20)22-15-23-21-14-19(28)8-12-24(21)34-27(30(23)29-22)18-7-11-25(31-3)26(13-18)32-4/h5-14,16,23,27H,15H2,1-4H3/t23-,27-/m0/s1. The molecule has 2 atom stereocenters. The maximum Gasteiger partial charge on any atom is 0.214 e. The van der Waals surface area contributed by atoms with E-state index in [1.807, 2.05) is 56.3 Å². The Bertz CT molecular complexity index is 1230. The van der Waals surface area contributed by atoms with Gasteiger partial charge in [0.25, 0.3) is 0 Å². The first-order valence-electron chi connectivity index (χ1n) is 11.3. The van der Waals surface area contributed by atoms with E-state index in [1.165, 1.54) is 0 Å². The number of halogens is 1. The molecule has 0 saturated heterocycles. The first kappa shape index (κ1) is 22.6. The largest absolute Gasteiger partial charge is 0.493 e. The number of ether oxygens (including phenoxy) is 4. The van der Waals surface area contributed by atoms with Crippen molar-refractivity contribution in [3.05, 3.63) is 81.8 Å². The van der Waals surface area contributed by atoms with Crippen molar-refractivity contribution in [3.63, 3.8) is 0 Å². The van der Waals surface area contributed by atoms with Gasteiger partial charge in [-0.05, 0) is 80.1 Å². The smallest absolute Gasteiger partial charge is 0.214 e. The molecule has 0 fully saturated rings. The van der Waals surface area contributed by atoms with Crippen molar-refractivity contribution in [2.24, 2.45) is 5.10 Å². The monoisotopic (exact) mass is 522 g/mol. The fraction of sp³-hybridized carbons (Fsp3) is 0.296. The predicted octanol–water partition coefficient (Wildman–Crippen LogP) is 6.50. The fourth-order valence-corrected chi connectivity index (χ4v) is 4.84. The summed E-state index contributed by atoms with van der Waals surface area (Å²) in [6.07, 6.45) is 0.526. The van der Waals surface area contributed by atoms with Gasteiger partial charge in [0, 0.05) is 22.0 Å². The summed E-state index contributed by atoms with van der Waals surface area (Å²) in [5.74, 6) is 3.06. The molecule has 0 N–H and O–H groups in total. The van der Waals surface area contributed by atoms with E-state index < -0.39 is 0 Å². The molecule has 0 saturated carbocycles. The fourth-order valence-electron chi connectivity index (χ4n) is 4.46. The number of rotatable bonds is 6. The summed E-state index contributed by atoms with van der Waals surface area (Å²) < 4.78 is 24.3. The van der Waals surface area contributed by atoms with E-state index in [1.54, 1.807) is 14.2 Å². The zero-order chi connectivity index (χ0) is 23.8. The highest BCUT2D eigenvalue weighted by atomic mass is 79.9. The molecule has 0 bridgehead atoms. The Morgan fingerprint density at radius 1 is 0.971 bits per heavy atom. The number of hydrogen-bond acceptors (Lipinski definition) is 6. The molecular formula is C27H27BrN2O4. The van der Waals surface area contributed by atoms with Crippen molar-refractivity contribution in [2.75, 3.05) is 14.2 Å². The van der Waals surface area contributed by atoms with Gasteiger partial charge in [0.2, 0.25) is 6.23 Å². The number of methoxy groups -OCH3 is 2. The highest BCUT2D eigenvalue weighted by Crippen LogP contribution is 2.49. The topological polar surface area (TPSA) is 52.5 Å². The minimum atomic E-state index is -0.389. The summed E-state index contributed by atoms with van der Waals surface area (Å²) >= 11 is 3.61. The van der Waals surface area contributed by atoms with Crippen LogP contribution in [0.4, 0.5) is 0 Å². The van der Waals surface area contributed by atoms with Gasteiger partial charge in [-0.3, -0.25) is 0 Å². The van der Waals surface area contributed by atoms with Crippen molar-refractivity contribution in [3.8, 4) is 23.0 Å². The Morgan fingerprint density at radius 2 is 1.74 bits per heavy atom. The molecule has 0 aromatic heterocycles. The minimum absolute atomic E-state index is 0.0564. The van der Waals surface area contributed by atoms with E-state index in [0.717, 1.165) is 44.8 Å². The van der Waals surface area contributed by atoms with Crippen molar-refractivity contribution in [1.82, 2.24) is 5.01 Å². The number of benzene rings is 3. The van der Waals surface area contributed by atoms with Gasteiger partial charge in [-0.1, -0.05) is 15.9 Å². The Kier molecular flexibility index (Phi) is 6.13. The van der Waals surface area contributed by atoms with Crippen LogP contribution < -0.4 is 18.9 Å². The van der Waals surface area contributed by atoms with Gasteiger partial charge >= 0.3 is 0 Å². The van der Waals surface area contributed by atoms with Gasteiger partial charge < -0.3 is 18.9 Å². The van der Waals surface area contributed by atoms with E-state index in [-0.39, 0.29) is 18.4 Å². The Hall–Kier alpha value is -3.19. The number of hydrogen-bond donors (Lipinski definition) is 0. The molecule has 0 amide bonds. The molecule has 3 aromatic carbocycles. The second-order valence-corrected chi connectivity index (χ2v) is 9.52. The summed E-state index contributed by atoms with van der Waals surface area (Å²) in [6, 6.07) is 20.2. The molecule has 2 aliphatic rings. The minimum Gasteiger partial charge on any atom is -0.493 e. The molecular weight excluding hydrogens is 496 g/mol. The van der Waals surface area contributed by atoms with Gasteiger partial charge in [0.1, 0.15) is 11.5 Å². The van der Waals surface area contributed by atoms with E-state index in [2.05, 4.69) is 39.1 Å². The van der Waals surface area contributed by atoms with Gasteiger partial charge in [0.05, 0.1) is 32.1 Å². The molecule has 2 heterocycles. The average Bonchev–Trinajstić information content (AvgIpc) is 3.29. The third-order valence-corrected chi connectivity index (χ3v) is 6.50. The van der Waals surface area contributed by atoms with Crippen LogP contribution in [-0.2, 0) is 0 Å². The van der Waals surface area contributed by atoms with Gasteiger partial charge in [-0.15, -0.1) is 0 Å². The van der Waals surface area contributed by atoms with Gasteiger partial charge in [-0.25, -0.2) is 5.01 Å². The first-order chi connectivity index (χ1) is 16.5. The molecule has 3 aromatic rings. The van der Waals surface area contributed by atoms with Crippen molar-refractivity contribution in [1.29, 1.82) is 0 Å². The summed E-state index contributed by atoms with van der Waals surface area (Å²) in [4.78, 5) is 0. The van der Waals surface area contributed by atoms with Gasteiger partial charge in [-0.2, -0.15) is 5.10 Å². The lowest BCUT2D eigenvalue weighted by Gasteiger charge is -2.38. The quantitative estimate of drug-likeness (QED) is 0.370. The van der Waals surface area contributed by atoms with Crippen LogP contribution in [0.2, 0.25) is 0 Å². The lowest BCUT2D eigenvalue weighted by molar-refractivity contribution is -0.0192. The SMILES string of the molecule is COc1ccc([C@@H]2Oc3ccc(Br)cc3[C@@H]3CC(c4ccc(OC(C)C)cc4)=NN32)cc1OC. The molecule has 5 rings (SSSR count). The van der Waals surface area contributed by atoms with Gasteiger partial charge in [0.15, 0.2) is 11.5 Å². The summed E-state index contributed by atoms with van der Waals surface area (Å²) in [6.45, 7) is 4.05. The summed E-state index contributed by atoms with van der Waals surface area (Å²) in [5, 5.41) is 7.11. The van der Waals surface area contributed by atoms with Crippen LogP contribution in [0.15, 0.2) is 70.2 Å². The van der Waals surface area contributed by atoms with Crippen LogP contribution >= 0.6 is 15.9 Å². The molecule has 2 aliphatic heterocycles. The lowest BCUT2D eigenvalue weighted by atomic mass is 9.96. The van der Waals surface area contributed by atoms with Crippen molar-refractivity contribution in [2.45, 2.75) is 38.6 Å². The number of hydrazone groups is 1. The Morgan fingerprint density at radius 3 is 2.44 bits per heavy atom. The van der Waals surface area contributed by atoms with Crippen LogP contribution in [0, 0.1) is 0 Å². The molecule has 176 valence electrons.